The van der Waals surface area contributed by atoms with Crippen LogP contribution in [0.2, 0.25) is 0 Å². The standard InChI is InChI=1S/C21H24N4OS/c26-19(12-15-8-11-27-14-15)24-10-7-17(13-24)25-20(16-4-1-2-5-16)23-18-6-3-9-22-21(18)25/h3,6,8-9,11,14,16-17H,1-2,4-5,7,10,12-13H2. The third-order valence-electron chi connectivity index (χ3n) is 6.01. The van der Waals surface area contributed by atoms with Crippen LogP contribution in [0.5, 0.6) is 0 Å². The lowest BCUT2D eigenvalue weighted by atomic mass is 10.1. The van der Waals surface area contributed by atoms with E-state index in [0.717, 1.165) is 36.2 Å². The molecule has 27 heavy (non-hydrogen) atoms. The summed E-state index contributed by atoms with van der Waals surface area (Å²) in [6.45, 7) is 1.59. The fourth-order valence-electron chi connectivity index (χ4n) is 4.64. The second-order valence-electron chi connectivity index (χ2n) is 7.76. The van der Waals surface area contributed by atoms with Crippen molar-refractivity contribution in [3.05, 3.63) is 46.5 Å². The smallest absolute Gasteiger partial charge is 0.227 e. The number of nitrogens with zero attached hydrogens (tertiary/aromatic N) is 4. The van der Waals surface area contributed by atoms with E-state index in [1.165, 1.54) is 31.5 Å². The SMILES string of the molecule is O=C(Cc1ccsc1)N1CCC(n2c(C3CCCC3)nc3cccnc32)C1. The molecule has 6 heteroatoms. The van der Waals surface area contributed by atoms with Gasteiger partial charge in [-0.05, 0) is 53.8 Å². The maximum absolute atomic E-state index is 12.7. The number of imidazole rings is 1. The van der Waals surface area contributed by atoms with E-state index < -0.39 is 0 Å². The Kier molecular flexibility index (Phi) is 4.44. The average Bonchev–Trinajstić information content (AvgIpc) is 3.46. The van der Waals surface area contributed by atoms with Crippen molar-refractivity contribution in [2.45, 2.75) is 50.5 Å². The van der Waals surface area contributed by atoms with E-state index >= 15 is 0 Å². The molecule has 2 aliphatic rings. The third kappa shape index (κ3) is 3.16. The van der Waals surface area contributed by atoms with Crippen LogP contribution in [0.3, 0.4) is 0 Å². The van der Waals surface area contributed by atoms with Crippen molar-refractivity contribution in [2.24, 2.45) is 0 Å². The molecule has 0 spiro atoms. The van der Waals surface area contributed by atoms with Crippen molar-refractivity contribution in [1.82, 2.24) is 19.4 Å². The molecule has 3 aromatic heterocycles. The van der Waals surface area contributed by atoms with Crippen molar-refractivity contribution in [3.8, 4) is 0 Å². The Balaban J connectivity index is 1.42. The molecular formula is C21H24N4OS. The fourth-order valence-corrected chi connectivity index (χ4v) is 5.31. The molecule has 1 aliphatic heterocycles. The van der Waals surface area contributed by atoms with Gasteiger partial charge in [-0.15, -0.1) is 0 Å². The minimum absolute atomic E-state index is 0.232. The Hall–Kier alpha value is -2.21. The molecular weight excluding hydrogens is 356 g/mol. The summed E-state index contributed by atoms with van der Waals surface area (Å²) < 4.78 is 2.36. The number of hydrogen-bond donors (Lipinski definition) is 0. The zero-order chi connectivity index (χ0) is 18.2. The molecule has 1 amide bonds. The van der Waals surface area contributed by atoms with E-state index in [1.807, 2.05) is 28.6 Å². The van der Waals surface area contributed by atoms with Crippen molar-refractivity contribution in [3.63, 3.8) is 0 Å². The summed E-state index contributed by atoms with van der Waals surface area (Å²) in [4.78, 5) is 24.4. The zero-order valence-corrected chi connectivity index (χ0v) is 16.2. The summed E-state index contributed by atoms with van der Waals surface area (Å²) in [6, 6.07) is 6.35. The van der Waals surface area contributed by atoms with Gasteiger partial charge in [0.15, 0.2) is 5.65 Å². The maximum atomic E-state index is 12.7. The number of carbonyl (C=O) groups excluding carboxylic acids is 1. The summed E-state index contributed by atoms with van der Waals surface area (Å²) in [7, 11) is 0. The van der Waals surface area contributed by atoms with Gasteiger partial charge >= 0.3 is 0 Å². The summed E-state index contributed by atoms with van der Waals surface area (Å²) in [6.07, 6.45) is 8.36. The van der Waals surface area contributed by atoms with Crippen LogP contribution >= 0.6 is 11.3 Å². The first-order chi connectivity index (χ1) is 13.3. The Morgan fingerprint density at radius 1 is 1.22 bits per heavy atom. The normalized spacial score (nSPS) is 20.7. The minimum Gasteiger partial charge on any atom is -0.340 e. The van der Waals surface area contributed by atoms with Crippen LogP contribution in [0.15, 0.2) is 35.2 Å². The first-order valence-electron chi connectivity index (χ1n) is 9.91. The Morgan fingerprint density at radius 2 is 2.11 bits per heavy atom. The van der Waals surface area contributed by atoms with Gasteiger partial charge in [0.25, 0.3) is 0 Å². The number of amides is 1. The van der Waals surface area contributed by atoms with Gasteiger partial charge in [0.1, 0.15) is 11.3 Å². The lowest BCUT2D eigenvalue weighted by molar-refractivity contribution is -0.129. The number of pyridine rings is 1. The summed E-state index contributed by atoms with van der Waals surface area (Å²) in [5, 5.41) is 4.10. The molecule has 1 saturated carbocycles. The van der Waals surface area contributed by atoms with Gasteiger partial charge < -0.3 is 9.47 Å². The molecule has 2 fully saturated rings. The summed E-state index contributed by atoms with van der Waals surface area (Å²) >= 11 is 1.65. The molecule has 0 radical (unpaired) electrons. The van der Waals surface area contributed by atoms with Crippen molar-refractivity contribution >= 4 is 28.4 Å². The van der Waals surface area contributed by atoms with Crippen LogP contribution in [0.1, 0.15) is 55.5 Å². The number of fused-ring (bicyclic) bond motifs is 1. The highest BCUT2D eigenvalue weighted by Crippen LogP contribution is 2.38. The molecule has 1 aliphatic carbocycles. The minimum atomic E-state index is 0.232. The topological polar surface area (TPSA) is 51.0 Å². The maximum Gasteiger partial charge on any atom is 0.227 e. The number of hydrogen-bond acceptors (Lipinski definition) is 4. The zero-order valence-electron chi connectivity index (χ0n) is 15.4. The molecule has 4 heterocycles. The first kappa shape index (κ1) is 16.9. The monoisotopic (exact) mass is 380 g/mol. The molecule has 5 rings (SSSR count). The number of rotatable bonds is 4. The van der Waals surface area contributed by atoms with E-state index in [4.69, 9.17) is 4.98 Å². The number of aromatic nitrogens is 3. The van der Waals surface area contributed by atoms with Gasteiger partial charge in [-0.1, -0.05) is 12.8 Å². The second kappa shape index (κ2) is 7.08. The van der Waals surface area contributed by atoms with Crippen LogP contribution in [-0.4, -0.2) is 38.4 Å². The summed E-state index contributed by atoms with van der Waals surface area (Å²) in [5.74, 6) is 1.96. The largest absolute Gasteiger partial charge is 0.340 e. The van der Waals surface area contributed by atoms with E-state index in [-0.39, 0.29) is 11.9 Å². The van der Waals surface area contributed by atoms with Crippen molar-refractivity contribution in [2.75, 3.05) is 13.1 Å². The van der Waals surface area contributed by atoms with Gasteiger partial charge in [0.05, 0.1) is 12.5 Å². The highest BCUT2D eigenvalue weighted by Gasteiger charge is 2.33. The average molecular weight is 381 g/mol. The first-order valence-corrected chi connectivity index (χ1v) is 10.9. The lowest BCUT2D eigenvalue weighted by Crippen LogP contribution is -2.30. The molecule has 3 aromatic rings. The summed E-state index contributed by atoms with van der Waals surface area (Å²) in [5.41, 5.74) is 3.09. The predicted octanol–water partition coefficient (Wildman–Crippen LogP) is 4.17. The fraction of sp³-hybridized carbons (Fsp3) is 0.476. The van der Waals surface area contributed by atoms with Crippen molar-refractivity contribution < 1.29 is 4.79 Å². The van der Waals surface area contributed by atoms with E-state index in [0.29, 0.717) is 12.3 Å². The van der Waals surface area contributed by atoms with Gasteiger partial charge in [-0.25, -0.2) is 9.97 Å². The van der Waals surface area contributed by atoms with Crippen LogP contribution in [0.4, 0.5) is 0 Å². The Bertz CT molecular complexity index is 942. The van der Waals surface area contributed by atoms with Crippen LogP contribution in [0.25, 0.3) is 11.2 Å². The van der Waals surface area contributed by atoms with E-state index in [9.17, 15) is 4.79 Å². The predicted molar refractivity (Wildman–Crippen MR) is 107 cm³/mol. The van der Waals surface area contributed by atoms with E-state index in [2.05, 4.69) is 21.0 Å². The molecule has 1 saturated heterocycles. The highest BCUT2D eigenvalue weighted by atomic mass is 32.1. The molecule has 1 atom stereocenters. The number of likely N-dealkylation sites (tertiary alicyclic amines) is 1. The van der Waals surface area contributed by atoms with Gasteiger partial charge in [0, 0.05) is 25.2 Å². The van der Waals surface area contributed by atoms with Crippen LogP contribution in [-0.2, 0) is 11.2 Å². The molecule has 0 aromatic carbocycles. The highest BCUT2D eigenvalue weighted by molar-refractivity contribution is 7.08. The molecule has 140 valence electrons. The van der Waals surface area contributed by atoms with E-state index in [1.54, 1.807) is 11.3 Å². The molecule has 0 N–H and O–H groups in total. The Labute approximate surface area is 163 Å². The van der Waals surface area contributed by atoms with Crippen molar-refractivity contribution in [1.29, 1.82) is 0 Å². The van der Waals surface area contributed by atoms with Gasteiger partial charge in [0.2, 0.25) is 5.91 Å². The van der Waals surface area contributed by atoms with Crippen LogP contribution in [0, 0.1) is 0 Å². The third-order valence-corrected chi connectivity index (χ3v) is 6.75. The van der Waals surface area contributed by atoms with Crippen LogP contribution < -0.4 is 0 Å². The molecule has 0 bridgehead atoms. The quantitative estimate of drug-likeness (QED) is 0.683. The molecule has 5 nitrogen and oxygen atoms in total. The Morgan fingerprint density at radius 3 is 2.93 bits per heavy atom. The van der Waals surface area contributed by atoms with Gasteiger partial charge in [-0.2, -0.15) is 11.3 Å². The second-order valence-corrected chi connectivity index (χ2v) is 8.54. The number of thiophene rings is 1. The van der Waals surface area contributed by atoms with Gasteiger partial charge in [-0.3, -0.25) is 4.79 Å². The number of carbonyl (C=O) groups is 1. The lowest BCUT2D eigenvalue weighted by Gasteiger charge is -2.20. The molecule has 1 unspecified atom stereocenters.